The lowest BCUT2D eigenvalue weighted by atomic mass is 9.95. The molecule has 1 atom stereocenters. The van der Waals surface area contributed by atoms with E-state index in [1.807, 2.05) is 0 Å². The Morgan fingerprint density at radius 1 is 1.06 bits per heavy atom. The molecule has 31 heavy (non-hydrogen) atoms. The number of benzene rings is 2. The van der Waals surface area contributed by atoms with E-state index in [4.69, 9.17) is 23.2 Å². The molecule has 9 heteroatoms. The van der Waals surface area contributed by atoms with E-state index in [0.29, 0.717) is 31.1 Å². The van der Waals surface area contributed by atoms with Gasteiger partial charge in [-0.25, -0.2) is 4.98 Å². The number of halogens is 2. The second kappa shape index (κ2) is 7.76. The largest absolute Gasteiger partial charge is 0.503 e. The summed E-state index contributed by atoms with van der Waals surface area (Å²) in [6.45, 7) is 0. The SMILES string of the molecule is O=C(C1=C(O)C(=O)N(c2nc3ccc(Cl)cc3s2)C1c1cccc(Cl)c1)c1cccs1. The van der Waals surface area contributed by atoms with Gasteiger partial charge >= 0.3 is 0 Å². The van der Waals surface area contributed by atoms with Crippen LogP contribution in [-0.4, -0.2) is 21.8 Å². The number of fused-ring (bicyclic) bond motifs is 1. The van der Waals surface area contributed by atoms with Gasteiger partial charge in [0.15, 0.2) is 10.9 Å². The Kier molecular flexibility index (Phi) is 5.06. The van der Waals surface area contributed by atoms with E-state index in [1.54, 1.807) is 60.0 Å². The molecule has 1 aliphatic rings. The highest BCUT2D eigenvalue weighted by Gasteiger charge is 2.46. The summed E-state index contributed by atoms with van der Waals surface area (Å²) in [5.41, 5.74) is 1.27. The number of carbonyl (C=O) groups excluding carboxylic acids is 2. The monoisotopic (exact) mass is 486 g/mol. The molecule has 5 rings (SSSR count). The van der Waals surface area contributed by atoms with Crippen LogP contribution in [0.2, 0.25) is 10.0 Å². The summed E-state index contributed by atoms with van der Waals surface area (Å²) < 4.78 is 0.790. The Bertz CT molecular complexity index is 1380. The molecule has 154 valence electrons. The third-order valence-electron chi connectivity index (χ3n) is 4.91. The zero-order valence-electron chi connectivity index (χ0n) is 15.6. The Labute approximate surface area is 194 Å². The van der Waals surface area contributed by atoms with Crippen LogP contribution in [0.15, 0.2) is 71.3 Å². The quantitative estimate of drug-likeness (QED) is 0.336. The molecular formula is C22H12Cl2N2O3S2. The number of thiophene rings is 1. The second-order valence-corrected chi connectivity index (χ2v) is 9.64. The fourth-order valence-corrected chi connectivity index (χ4v) is 5.70. The van der Waals surface area contributed by atoms with Crippen LogP contribution in [0.5, 0.6) is 0 Å². The van der Waals surface area contributed by atoms with Gasteiger partial charge in [0.2, 0.25) is 5.78 Å². The van der Waals surface area contributed by atoms with Crippen molar-refractivity contribution >= 4 is 72.9 Å². The predicted octanol–water partition coefficient (Wildman–Crippen LogP) is 6.45. The number of aliphatic hydroxyl groups is 1. The summed E-state index contributed by atoms with van der Waals surface area (Å²) in [6.07, 6.45) is 0. The number of thiazole rings is 1. The number of hydrogen-bond acceptors (Lipinski definition) is 6. The number of aromatic nitrogens is 1. The van der Waals surface area contributed by atoms with Crippen LogP contribution in [0.25, 0.3) is 10.2 Å². The molecule has 0 saturated heterocycles. The van der Waals surface area contributed by atoms with Crippen LogP contribution in [0, 0.1) is 0 Å². The van der Waals surface area contributed by atoms with E-state index in [-0.39, 0.29) is 5.57 Å². The van der Waals surface area contributed by atoms with Crippen molar-refractivity contribution in [3.63, 3.8) is 0 Å². The minimum absolute atomic E-state index is 0.00649. The molecule has 0 saturated carbocycles. The van der Waals surface area contributed by atoms with Gasteiger partial charge in [-0.05, 0) is 47.3 Å². The van der Waals surface area contributed by atoms with Crippen molar-refractivity contribution in [3.8, 4) is 0 Å². The third kappa shape index (κ3) is 3.43. The molecule has 2 aromatic heterocycles. The van der Waals surface area contributed by atoms with Gasteiger partial charge in [-0.2, -0.15) is 0 Å². The average Bonchev–Trinajstić information content (AvgIpc) is 3.46. The molecule has 0 fully saturated rings. The number of nitrogens with zero attached hydrogens (tertiary/aromatic N) is 2. The summed E-state index contributed by atoms with van der Waals surface area (Å²) in [4.78, 5) is 32.8. The predicted molar refractivity (Wildman–Crippen MR) is 125 cm³/mol. The molecular weight excluding hydrogens is 475 g/mol. The van der Waals surface area contributed by atoms with Gasteiger partial charge in [0.25, 0.3) is 5.91 Å². The molecule has 3 heterocycles. The maximum Gasteiger partial charge on any atom is 0.296 e. The summed E-state index contributed by atoms with van der Waals surface area (Å²) in [5, 5.41) is 13.9. The average molecular weight is 487 g/mol. The van der Waals surface area contributed by atoms with E-state index in [1.165, 1.54) is 27.6 Å². The zero-order chi connectivity index (χ0) is 21.7. The van der Waals surface area contributed by atoms with Gasteiger partial charge in [-0.1, -0.05) is 52.7 Å². The van der Waals surface area contributed by atoms with Crippen LogP contribution in [-0.2, 0) is 4.79 Å². The first kappa shape index (κ1) is 20.2. The first-order valence-electron chi connectivity index (χ1n) is 9.10. The summed E-state index contributed by atoms with van der Waals surface area (Å²) in [6, 6.07) is 14.7. The number of carbonyl (C=O) groups is 2. The van der Waals surface area contributed by atoms with E-state index >= 15 is 0 Å². The molecule has 1 N–H and O–H groups in total. The smallest absolute Gasteiger partial charge is 0.296 e. The van der Waals surface area contributed by atoms with Crippen molar-refractivity contribution in [2.75, 3.05) is 4.90 Å². The van der Waals surface area contributed by atoms with Crippen LogP contribution >= 0.6 is 45.9 Å². The van der Waals surface area contributed by atoms with Gasteiger partial charge in [0.1, 0.15) is 0 Å². The fraction of sp³-hybridized carbons (Fsp3) is 0.0455. The number of Topliss-reactive ketones (excluding diaryl/α,β-unsaturated/α-hetero) is 1. The maximum absolute atomic E-state index is 13.3. The van der Waals surface area contributed by atoms with Crippen molar-refractivity contribution in [2.45, 2.75) is 6.04 Å². The number of anilines is 1. The molecule has 2 aromatic carbocycles. The first-order valence-corrected chi connectivity index (χ1v) is 11.6. The molecule has 1 amide bonds. The summed E-state index contributed by atoms with van der Waals surface area (Å²) >= 11 is 14.8. The molecule has 0 radical (unpaired) electrons. The van der Waals surface area contributed by atoms with Gasteiger partial charge in [0, 0.05) is 10.0 Å². The van der Waals surface area contributed by atoms with Gasteiger partial charge in [0.05, 0.1) is 26.7 Å². The normalized spacial score (nSPS) is 16.5. The van der Waals surface area contributed by atoms with Gasteiger partial charge in [-0.15, -0.1) is 11.3 Å². The van der Waals surface area contributed by atoms with Gasteiger partial charge < -0.3 is 5.11 Å². The highest BCUT2D eigenvalue weighted by Crippen LogP contribution is 2.45. The van der Waals surface area contributed by atoms with Crippen LogP contribution in [0.4, 0.5) is 5.13 Å². The molecule has 4 aromatic rings. The van der Waals surface area contributed by atoms with Crippen molar-refractivity contribution < 1.29 is 14.7 Å². The minimum atomic E-state index is -0.864. The number of amides is 1. The van der Waals surface area contributed by atoms with E-state index in [2.05, 4.69) is 4.98 Å². The lowest BCUT2D eigenvalue weighted by Gasteiger charge is -2.24. The van der Waals surface area contributed by atoms with E-state index < -0.39 is 23.5 Å². The lowest BCUT2D eigenvalue weighted by molar-refractivity contribution is -0.117. The highest BCUT2D eigenvalue weighted by atomic mass is 35.5. The minimum Gasteiger partial charge on any atom is -0.503 e. The fourth-order valence-electron chi connectivity index (χ4n) is 3.56. The summed E-state index contributed by atoms with van der Waals surface area (Å²) in [5.74, 6) is -1.67. The Morgan fingerprint density at radius 3 is 2.61 bits per heavy atom. The Hall–Kier alpha value is -2.71. The number of ketones is 1. The van der Waals surface area contributed by atoms with E-state index in [0.717, 1.165) is 4.70 Å². The Balaban J connectivity index is 1.70. The lowest BCUT2D eigenvalue weighted by Crippen LogP contribution is -2.30. The topological polar surface area (TPSA) is 70.5 Å². The van der Waals surface area contributed by atoms with E-state index in [9.17, 15) is 14.7 Å². The molecule has 0 spiro atoms. The molecule has 0 bridgehead atoms. The van der Waals surface area contributed by atoms with Crippen molar-refractivity contribution in [2.24, 2.45) is 0 Å². The molecule has 1 aliphatic heterocycles. The maximum atomic E-state index is 13.3. The van der Waals surface area contributed by atoms with Crippen LogP contribution in [0.3, 0.4) is 0 Å². The Morgan fingerprint density at radius 2 is 1.87 bits per heavy atom. The highest BCUT2D eigenvalue weighted by molar-refractivity contribution is 7.22. The van der Waals surface area contributed by atoms with Crippen LogP contribution in [0.1, 0.15) is 21.3 Å². The molecule has 1 unspecified atom stereocenters. The second-order valence-electron chi connectivity index (χ2n) is 6.81. The van der Waals surface area contributed by atoms with Crippen molar-refractivity contribution in [3.05, 3.63) is 91.8 Å². The number of aliphatic hydroxyl groups excluding tert-OH is 1. The summed E-state index contributed by atoms with van der Waals surface area (Å²) in [7, 11) is 0. The van der Waals surface area contributed by atoms with Crippen molar-refractivity contribution in [1.29, 1.82) is 0 Å². The van der Waals surface area contributed by atoms with Crippen LogP contribution < -0.4 is 4.90 Å². The number of rotatable bonds is 4. The third-order valence-corrected chi connectivity index (χ3v) is 7.26. The standard InChI is InChI=1S/C22H12Cl2N2O3S2/c23-12-4-1-3-11(9-12)18-17(19(27)15-5-2-8-30-15)20(28)21(29)26(18)22-25-14-7-6-13(24)10-16(14)31-22/h1-10,18,28H. The number of hydrogen-bond donors (Lipinski definition) is 1. The van der Waals surface area contributed by atoms with Crippen molar-refractivity contribution in [1.82, 2.24) is 4.98 Å². The first-order chi connectivity index (χ1) is 14.9. The zero-order valence-corrected chi connectivity index (χ0v) is 18.7. The molecule has 5 nitrogen and oxygen atoms in total. The molecule has 0 aliphatic carbocycles. The van der Waals surface area contributed by atoms with Gasteiger partial charge in [-0.3, -0.25) is 14.5 Å².